The third-order valence-corrected chi connectivity index (χ3v) is 5.38. The van der Waals surface area contributed by atoms with Crippen LogP contribution in [0.15, 0.2) is 11.4 Å². The number of unbranched alkanes of at least 4 members (excludes halogenated alkanes) is 1. The molecule has 1 fully saturated rings. The maximum Gasteiger partial charge on any atom is 0.0828 e. The molecule has 18 heavy (non-hydrogen) atoms. The fourth-order valence-corrected chi connectivity index (χ4v) is 3.98. The van der Waals surface area contributed by atoms with Crippen molar-refractivity contribution >= 4 is 11.3 Å². The number of hydrogen-bond donors (Lipinski definition) is 1. The number of aliphatic hydroxyl groups is 1. The van der Waals surface area contributed by atoms with Gasteiger partial charge in [0.1, 0.15) is 0 Å². The van der Waals surface area contributed by atoms with Gasteiger partial charge in [0.15, 0.2) is 0 Å². The van der Waals surface area contributed by atoms with Crippen LogP contribution in [0.3, 0.4) is 0 Å². The zero-order valence-electron chi connectivity index (χ0n) is 11.7. The topological polar surface area (TPSA) is 20.2 Å². The van der Waals surface area contributed by atoms with Crippen molar-refractivity contribution in [3.05, 3.63) is 21.9 Å². The first kappa shape index (κ1) is 14.1. The minimum atomic E-state index is -0.219. The maximum atomic E-state index is 10.5. The Hall–Kier alpha value is -0.340. The first-order chi connectivity index (χ1) is 8.72. The lowest BCUT2D eigenvalue weighted by molar-refractivity contribution is 0.0719. The number of rotatable bonds is 5. The van der Waals surface area contributed by atoms with Gasteiger partial charge in [0.05, 0.1) is 6.10 Å². The van der Waals surface area contributed by atoms with Crippen LogP contribution in [0.2, 0.25) is 0 Å². The molecule has 0 amide bonds. The highest BCUT2D eigenvalue weighted by molar-refractivity contribution is 7.10. The van der Waals surface area contributed by atoms with Crippen LogP contribution in [0.5, 0.6) is 0 Å². The second kappa shape index (κ2) is 6.72. The van der Waals surface area contributed by atoms with E-state index in [1.165, 1.54) is 55.4 Å². The Morgan fingerprint density at radius 1 is 1.33 bits per heavy atom. The van der Waals surface area contributed by atoms with Crippen LogP contribution >= 0.6 is 11.3 Å². The smallest absolute Gasteiger partial charge is 0.0828 e. The van der Waals surface area contributed by atoms with Gasteiger partial charge >= 0.3 is 0 Å². The summed E-state index contributed by atoms with van der Waals surface area (Å²) in [5.74, 6) is 1.42. The molecule has 1 heterocycles. The first-order valence-corrected chi connectivity index (χ1v) is 8.32. The first-order valence-electron chi connectivity index (χ1n) is 7.44. The van der Waals surface area contributed by atoms with Gasteiger partial charge in [-0.05, 0) is 48.6 Å². The predicted molar refractivity (Wildman–Crippen MR) is 79.0 cm³/mol. The largest absolute Gasteiger partial charge is 0.388 e. The molecule has 2 rings (SSSR count). The average Bonchev–Trinajstić information content (AvgIpc) is 2.82. The molecule has 1 unspecified atom stereocenters. The molecule has 1 aliphatic rings. The standard InChI is InChI=1S/C16H26OS/c1-3-4-5-13-6-8-14(9-7-13)16(17)15-10-11-18-12(15)2/h10-11,13-14,16-17H,3-9H2,1-2H3. The number of thiophene rings is 1. The van der Waals surface area contributed by atoms with Crippen molar-refractivity contribution in [2.45, 2.75) is 64.9 Å². The summed E-state index contributed by atoms with van der Waals surface area (Å²) >= 11 is 1.75. The van der Waals surface area contributed by atoms with Crippen LogP contribution in [0.1, 0.15) is 68.4 Å². The summed E-state index contributed by atoms with van der Waals surface area (Å²) in [6, 6.07) is 2.10. The van der Waals surface area contributed by atoms with Crippen LogP contribution in [0.25, 0.3) is 0 Å². The highest BCUT2D eigenvalue weighted by atomic mass is 32.1. The molecule has 0 aliphatic heterocycles. The second-order valence-electron chi connectivity index (χ2n) is 5.80. The number of aryl methyl sites for hydroxylation is 1. The van der Waals surface area contributed by atoms with Crippen molar-refractivity contribution < 1.29 is 5.11 Å². The van der Waals surface area contributed by atoms with E-state index < -0.39 is 0 Å². The Morgan fingerprint density at radius 3 is 2.61 bits per heavy atom. The molecule has 1 nitrogen and oxygen atoms in total. The molecule has 0 spiro atoms. The molecule has 0 aromatic carbocycles. The van der Waals surface area contributed by atoms with Crippen molar-refractivity contribution in [2.75, 3.05) is 0 Å². The van der Waals surface area contributed by atoms with E-state index in [-0.39, 0.29) is 6.10 Å². The molecule has 0 radical (unpaired) electrons. The molecule has 0 bridgehead atoms. The van der Waals surface area contributed by atoms with Crippen LogP contribution < -0.4 is 0 Å². The predicted octanol–water partition coefficient (Wildman–Crippen LogP) is 5.09. The van der Waals surface area contributed by atoms with Crippen molar-refractivity contribution in [2.24, 2.45) is 11.8 Å². The van der Waals surface area contributed by atoms with Gasteiger partial charge in [-0.15, -0.1) is 11.3 Å². The summed E-state index contributed by atoms with van der Waals surface area (Å²) in [5.41, 5.74) is 1.18. The van der Waals surface area contributed by atoms with Gasteiger partial charge in [0, 0.05) is 4.88 Å². The van der Waals surface area contributed by atoms with E-state index in [2.05, 4.69) is 25.3 Å². The van der Waals surface area contributed by atoms with E-state index in [9.17, 15) is 5.11 Å². The van der Waals surface area contributed by atoms with E-state index >= 15 is 0 Å². The van der Waals surface area contributed by atoms with Crippen molar-refractivity contribution in [1.29, 1.82) is 0 Å². The van der Waals surface area contributed by atoms with E-state index in [0.717, 1.165) is 5.92 Å². The van der Waals surface area contributed by atoms with Crippen molar-refractivity contribution in [3.63, 3.8) is 0 Å². The fourth-order valence-electron chi connectivity index (χ4n) is 3.24. The van der Waals surface area contributed by atoms with Crippen LogP contribution in [0, 0.1) is 18.8 Å². The lowest BCUT2D eigenvalue weighted by atomic mass is 9.76. The van der Waals surface area contributed by atoms with Crippen LogP contribution in [0.4, 0.5) is 0 Å². The van der Waals surface area contributed by atoms with E-state index in [0.29, 0.717) is 5.92 Å². The van der Waals surface area contributed by atoms with Crippen molar-refractivity contribution in [3.8, 4) is 0 Å². The highest BCUT2D eigenvalue weighted by Gasteiger charge is 2.28. The lowest BCUT2D eigenvalue weighted by Crippen LogP contribution is -2.20. The molecule has 0 saturated heterocycles. The molecule has 1 aromatic rings. The normalized spacial score (nSPS) is 26.2. The lowest BCUT2D eigenvalue weighted by Gasteiger charge is -2.31. The molecule has 1 aromatic heterocycles. The minimum Gasteiger partial charge on any atom is -0.388 e. The Bertz CT molecular complexity index is 350. The summed E-state index contributed by atoms with van der Waals surface area (Å²) in [6.07, 6.45) is 8.95. The Morgan fingerprint density at radius 2 is 2.06 bits per heavy atom. The summed E-state index contributed by atoms with van der Waals surface area (Å²) in [7, 11) is 0. The summed E-state index contributed by atoms with van der Waals surface area (Å²) < 4.78 is 0. The molecular formula is C16H26OS. The summed E-state index contributed by atoms with van der Waals surface area (Å²) in [6.45, 7) is 4.39. The van der Waals surface area contributed by atoms with E-state index in [1.54, 1.807) is 11.3 Å². The van der Waals surface area contributed by atoms with Gasteiger partial charge in [-0.2, -0.15) is 0 Å². The van der Waals surface area contributed by atoms with E-state index in [1.807, 2.05) is 0 Å². The Balaban J connectivity index is 1.84. The number of hydrogen-bond acceptors (Lipinski definition) is 2. The third-order valence-electron chi connectivity index (χ3n) is 4.52. The second-order valence-corrected chi connectivity index (χ2v) is 6.92. The molecule has 1 saturated carbocycles. The number of aliphatic hydroxyl groups excluding tert-OH is 1. The molecule has 1 aliphatic carbocycles. The maximum absolute atomic E-state index is 10.5. The fraction of sp³-hybridized carbons (Fsp3) is 0.750. The monoisotopic (exact) mass is 266 g/mol. The Labute approximate surface area is 115 Å². The van der Waals surface area contributed by atoms with Crippen LogP contribution in [-0.2, 0) is 0 Å². The Kier molecular flexibility index (Phi) is 5.25. The van der Waals surface area contributed by atoms with Gasteiger partial charge in [0.25, 0.3) is 0 Å². The van der Waals surface area contributed by atoms with E-state index in [4.69, 9.17) is 0 Å². The van der Waals surface area contributed by atoms with Gasteiger partial charge in [-0.25, -0.2) is 0 Å². The molecule has 102 valence electrons. The molecule has 2 heteroatoms. The third kappa shape index (κ3) is 3.36. The SMILES string of the molecule is CCCCC1CCC(C(O)c2ccsc2C)CC1. The quantitative estimate of drug-likeness (QED) is 0.787. The molecule has 1 atom stereocenters. The van der Waals surface area contributed by atoms with Gasteiger partial charge in [-0.3, -0.25) is 0 Å². The average molecular weight is 266 g/mol. The minimum absolute atomic E-state index is 0.219. The summed E-state index contributed by atoms with van der Waals surface area (Å²) in [5, 5.41) is 12.6. The highest BCUT2D eigenvalue weighted by Crippen LogP contribution is 2.39. The van der Waals surface area contributed by atoms with Gasteiger partial charge < -0.3 is 5.11 Å². The molecular weight excluding hydrogens is 240 g/mol. The van der Waals surface area contributed by atoms with Crippen molar-refractivity contribution in [1.82, 2.24) is 0 Å². The van der Waals surface area contributed by atoms with Gasteiger partial charge in [-0.1, -0.05) is 39.0 Å². The van der Waals surface area contributed by atoms with Gasteiger partial charge in [0.2, 0.25) is 0 Å². The zero-order chi connectivity index (χ0) is 13.0. The van der Waals surface area contributed by atoms with Crippen LogP contribution in [-0.4, -0.2) is 5.11 Å². The zero-order valence-corrected chi connectivity index (χ0v) is 12.5. The summed E-state index contributed by atoms with van der Waals surface area (Å²) in [4.78, 5) is 1.29. The molecule has 1 N–H and O–H groups in total.